The minimum atomic E-state index is 0. The molecule has 0 N–H and O–H groups in total. The van der Waals surface area contributed by atoms with E-state index in [-0.39, 0.29) is 7.43 Å². The van der Waals surface area contributed by atoms with Crippen LogP contribution in [0, 0.1) is 7.43 Å². The molecule has 0 unspecified atom stereocenters. The van der Waals surface area contributed by atoms with E-state index in [1.54, 1.807) is 6.20 Å². The summed E-state index contributed by atoms with van der Waals surface area (Å²) in [7, 11) is 0. The number of rotatable bonds is 0. The predicted octanol–water partition coefficient (Wildman–Crippen LogP) is 1.59. The van der Waals surface area contributed by atoms with Crippen molar-refractivity contribution in [1.82, 2.24) is 4.37 Å². The maximum atomic E-state index is 3.76. The van der Waals surface area contributed by atoms with Crippen molar-refractivity contribution in [2.45, 2.75) is 0 Å². The van der Waals surface area contributed by atoms with Crippen molar-refractivity contribution in [3.8, 4) is 0 Å². The molecule has 36 valence electrons. The summed E-state index contributed by atoms with van der Waals surface area (Å²) in [4.78, 5) is 0. The molecule has 0 aliphatic rings. The first kappa shape index (κ1) is 9.16. The van der Waals surface area contributed by atoms with E-state index in [0.717, 1.165) is 0 Å². The molecule has 0 saturated heterocycles. The van der Waals surface area contributed by atoms with Crippen LogP contribution in [0.25, 0.3) is 0 Å². The van der Waals surface area contributed by atoms with E-state index in [9.17, 15) is 0 Å². The zero-order valence-corrected chi connectivity index (χ0v) is 11.5. The summed E-state index contributed by atoms with van der Waals surface area (Å²) in [5.74, 6) is 0. The second kappa shape index (κ2) is 4.63. The van der Waals surface area contributed by atoms with E-state index in [4.69, 9.17) is 0 Å². The van der Waals surface area contributed by atoms with Gasteiger partial charge < -0.3 is 7.43 Å². The second-order valence-electron chi connectivity index (χ2n) is 0.688. The summed E-state index contributed by atoms with van der Waals surface area (Å²) in [6.45, 7) is 0. The molecule has 1 aromatic heterocycles. The molecule has 0 atom stereocenters. The molecule has 0 aliphatic carbocycles. The first-order valence-electron chi connectivity index (χ1n) is 1.34. The summed E-state index contributed by atoms with van der Waals surface area (Å²) in [5, 5.41) is 1.93. The standard InChI is InChI=1S/C3H3NS.CH3.Rf/c1-2-4-5-3-1;;/h1-3H;1H3;/q;-1;. The molecular formula is C4H6NRfS-. The van der Waals surface area contributed by atoms with Crippen LogP contribution in [0.3, 0.4) is 0 Å². The molecule has 1 heterocycles. The Hall–Kier alpha value is -1.37. The van der Waals surface area contributed by atoms with Crippen molar-refractivity contribution in [2.75, 3.05) is 0 Å². The van der Waals surface area contributed by atoms with Crippen LogP contribution < -0.4 is 0 Å². The monoisotopic (exact) mass is 367 g/mol. The Balaban J connectivity index is 0. The van der Waals surface area contributed by atoms with Crippen LogP contribution in [-0.4, -0.2) is 4.37 Å². The van der Waals surface area contributed by atoms with Gasteiger partial charge in [-0.25, -0.2) is 4.37 Å². The van der Waals surface area contributed by atoms with Gasteiger partial charge in [0, 0.05) is 11.6 Å². The summed E-state index contributed by atoms with van der Waals surface area (Å²) in [6.07, 6.45) is 1.77. The van der Waals surface area contributed by atoms with Crippen molar-refractivity contribution < 1.29 is 0 Å². The van der Waals surface area contributed by atoms with Crippen molar-refractivity contribution in [1.29, 1.82) is 0 Å². The topological polar surface area (TPSA) is 12.9 Å². The van der Waals surface area contributed by atoms with Gasteiger partial charge in [-0.2, -0.15) is 0 Å². The van der Waals surface area contributed by atoms with Gasteiger partial charge in [-0.05, 0) is 17.6 Å². The van der Waals surface area contributed by atoms with Crippen molar-refractivity contribution in [3.63, 3.8) is 0 Å². The third-order valence-electron chi connectivity index (χ3n) is 0.347. The van der Waals surface area contributed by atoms with E-state index >= 15 is 0 Å². The van der Waals surface area contributed by atoms with Crippen LogP contribution in [0.4, 0.5) is 0 Å². The van der Waals surface area contributed by atoms with E-state index < -0.39 is 0 Å². The van der Waals surface area contributed by atoms with E-state index in [0.29, 0.717) is 0 Å². The van der Waals surface area contributed by atoms with Crippen molar-refractivity contribution in [2.24, 2.45) is 0 Å². The van der Waals surface area contributed by atoms with Crippen LogP contribution in [0.2, 0.25) is 0 Å². The van der Waals surface area contributed by atoms with Gasteiger partial charge in [0.15, 0.2) is 0 Å². The van der Waals surface area contributed by atoms with Gasteiger partial charge in [-0.3, -0.25) is 0 Å². The third kappa shape index (κ3) is 2.43. The van der Waals surface area contributed by atoms with Crippen LogP contribution in [0.5, 0.6) is 0 Å². The SMILES string of the molecule is [CH3-].[Rf].c1cnsc1. The zero-order chi connectivity index (χ0) is 3.54. The number of aromatic nitrogens is 1. The zero-order valence-electron chi connectivity index (χ0n) is 4.29. The number of hydrogen-bond donors (Lipinski definition) is 0. The van der Waals surface area contributed by atoms with Crippen LogP contribution in [-0.2, 0) is 0 Å². The Morgan fingerprint density at radius 3 is 2.29 bits per heavy atom. The maximum Gasteiger partial charge on any atom is 0.0406 e. The molecule has 1 rings (SSSR count). The van der Waals surface area contributed by atoms with Crippen LogP contribution >= 0.6 is 11.5 Å². The fourth-order valence-corrected chi connectivity index (χ4v) is 0.527. The molecular weight excluding hydrogens is 361 g/mol. The van der Waals surface area contributed by atoms with Gasteiger partial charge >= 0.3 is 0 Å². The normalized spacial score (nSPS) is 5.71. The molecule has 0 amide bonds. The Bertz CT molecular complexity index is 68.2. The largest absolute Gasteiger partial charge is 0.358 e. The fourth-order valence-electron chi connectivity index (χ4n) is 0.176. The Kier molecular flexibility index (Phi) is 6.06. The third-order valence-corrected chi connectivity index (χ3v) is 0.869. The van der Waals surface area contributed by atoms with Crippen LogP contribution in [0.15, 0.2) is 17.6 Å². The predicted molar refractivity (Wildman–Crippen MR) is 28.5 cm³/mol. The molecule has 1 nitrogen and oxygen atoms in total. The molecule has 0 saturated carbocycles. The number of hydrogen-bond acceptors (Lipinski definition) is 2. The van der Waals surface area contributed by atoms with Gasteiger partial charge in [0.1, 0.15) is 0 Å². The molecule has 0 aromatic carbocycles. The Morgan fingerprint density at radius 2 is 2.14 bits per heavy atom. The average molecular weight is 367 g/mol. The van der Waals surface area contributed by atoms with Crippen molar-refractivity contribution in [3.05, 3.63) is 25.1 Å². The first-order chi connectivity index (χ1) is 2.50. The maximum absolute atomic E-state index is 3.76. The summed E-state index contributed by atoms with van der Waals surface area (Å²) >= 11 is 1.46. The Labute approximate surface area is 41.8 Å². The van der Waals surface area contributed by atoms with E-state index in [2.05, 4.69) is 4.37 Å². The molecule has 0 aliphatic heterocycles. The van der Waals surface area contributed by atoms with E-state index in [1.807, 2.05) is 11.4 Å². The van der Waals surface area contributed by atoms with Gasteiger partial charge in [-0.15, -0.1) is 0 Å². The molecule has 0 spiro atoms. The van der Waals surface area contributed by atoms with Crippen LogP contribution in [0.1, 0.15) is 0 Å². The minimum Gasteiger partial charge on any atom is -0.358 e. The number of nitrogens with zero attached hydrogens (tertiary/aromatic N) is 1. The molecule has 3 heteroatoms. The fraction of sp³-hybridized carbons (Fsp3) is 0. The average Bonchev–Trinajstić information content (AvgIpc) is 1.76. The van der Waals surface area contributed by atoms with Crippen molar-refractivity contribution >= 4 is 11.5 Å². The molecule has 7 heavy (non-hydrogen) atoms. The van der Waals surface area contributed by atoms with E-state index in [1.165, 1.54) is 11.5 Å². The molecule has 0 fully saturated rings. The van der Waals surface area contributed by atoms with Gasteiger partial charge in [0.05, 0.1) is 0 Å². The molecule has 1 aromatic rings. The first-order valence-corrected chi connectivity index (χ1v) is 2.18. The Morgan fingerprint density at radius 1 is 1.43 bits per heavy atom. The summed E-state index contributed by atoms with van der Waals surface area (Å²) < 4.78 is 3.76. The quantitative estimate of drug-likeness (QED) is 0.635. The summed E-state index contributed by atoms with van der Waals surface area (Å²) in [6, 6.07) is 1.91. The van der Waals surface area contributed by atoms with Gasteiger partial charge in [0.25, 0.3) is 0 Å². The molecule has 0 radical (unpaired) electrons. The van der Waals surface area contributed by atoms with Gasteiger partial charge in [-0.1, -0.05) is 0 Å². The smallest absolute Gasteiger partial charge is 0.0406 e. The molecule has 0 bridgehead atoms. The summed E-state index contributed by atoms with van der Waals surface area (Å²) in [5.41, 5.74) is 0. The van der Waals surface area contributed by atoms with Gasteiger partial charge in [0.2, 0.25) is 0 Å². The second-order valence-corrected chi connectivity index (χ2v) is 1.38. The minimum absolute atomic E-state index is 0.